The Morgan fingerprint density at radius 1 is 1.43 bits per heavy atom. The van der Waals surface area contributed by atoms with Gasteiger partial charge in [-0.15, -0.1) is 11.8 Å². The molecule has 0 radical (unpaired) electrons. The Labute approximate surface area is 125 Å². The van der Waals surface area contributed by atoms with E-state index in [1.165, 1.54) is 36.0 Å². The van der Waals surface area contributed by atoms with Gasteiger partial charge in [0.2, 0.25) is 11.8 Å². The number of hydrogen-bond donors (Lipinski definition) is 1. The minimum atomic E-state index is -0.499. The molecule has 1 saturated heterocycles. The van der Waals surface area contributed by atoms with E-state index in [-0.39, 0.29) is 17.5 Å². The number of carbonyl (C=O) groups is 2. The van der Waals surface area contributed by atoms with Crippen LogP contribution in [0.25, 0.3) is 0 Å². The maximum absolute atomic E-state index is 12.2. The number of benzene rings is 1. The summed E-state index contributed by atoms with van der Waals surface area (Å²) in [6, 6.07) is 5.12. The molecule has 0 aliphatic carbocycles. The van der Waals surface area contributed by atoms with Crippen molar-refractivity contribution in [2.24, 2.45) is 0 Å². The van der Waals surface area contributed by atoms with E-state index >= 15 is 0 Å². The van der Waals surface area contributed by atoms with Gasteiger partial charge in [-0.1, -0.05) is 6.92 Å². The van der Waals surface area contributed by atoms with Crippen molar-refractivity contribution >= 4 is 35.0 Å². The molecule has 21 heavy (non-hydrogen) atoms. The SMILES string of the molecule is CCC(=O)N1CSCC1C(=O)Nc1ccc([N+](=O)[O-])cc1. The fourth-order valence-corrected chi connectivity index (χ4v) is 3.18. The predicted octanol–water partition coefficient (Wildman–Crippen LogP) is 1.84. The van der Waals surface area contributed by atoms with Crippen LogP contribution in [0, 0.1) is 10.1 Å². The molecule has 2 rings (SSSR count). The molecule has 0 bridgehead atoms. The van der Waals surface area contributed by atoms with Crippen molar-refractivity contribution in [3.63, 3.8) is 0 Å². The summed E-state index contributed by atoms with van der Waals surface area (Å²) in [5, 5.41) is 13.3. The number of nitrogens with one attached hydrogen (secondary N) is 1. The van der Waals surface area contributed by atoms with E-state index in [9.17, 15) is 19.7 Å². The Bertz CT molecular complexity index is 561. The van der Waals surface area contributed by atoms with E-state index in [2.05, 4.69) is 5.32 Å². The number of hydrogen-bond acceptors (Lipinski definition) is 5. The molecular weight excluding hydrogens is 294 g/mol. The van der Waals surface area contributed by atoms with Crippen LogP contribution in [0.3, 0.4) is 0 Å². The number of non-ortho nitro benzene ring substituents is 1. The topological polar surface area (TPSA) is 92.6 Å². The molecule has 1 fully saturated rings. The Hall–Kier alpha value is -2.09. The van der Waals surface area contributed by atoms with Gasteiger partial charge in [-0.2, -0.15) is 0 Å². The van der Waals surface area contributed by atoms with Gasteiger partial charge in [0.25, 0.3) is 5.69 Å². The summed E-state index contributed by atoms with van der Waals surface area (Å²) in [6.07, 6.45) is 0.363. The molecule has 0 spiro atoms. The fraction of sp³-hybridized carbons (Fsp3) is 0.385. The molecule has 1 heterocycles. The zero-order valence-electron chi connectivity index (χ0n) is 11.4. The summed E-state index contributed by atoms with van der Waals surface area (Å²) in [4.78, 5) is 35.6. The van der Waals surface area contributed by atoms with Gasteiger partial charge in [-0.3, -0.25) is 19.7 Å². The Morgan fingerprint density at radius 2 is 2.10 bits per heavy atom. The van der Waals surface area contributed by atoms with Crippen molar-refractivity contribution in [2.75, 3.05) is 16.9 Å². The first-order chi connectivity index (χ1) is 10.0. The van der Waals surface area contributed by atoms with Gasteiger partial charge in [0.15, 0.2) is 0 Å². The van der Waals surface area contributed by atoms with Crippen LogP contribution in [0.15, 0.2) is 24.3 Å². The van der Waals surface area contributed by atoms with Crippen molar-refractivity contribution in [3.8, 4) is 0 Å². The second-order valence-corrected chi connectivity index (χ2v) is 5.53. The second-order valence-electron chi connectivity index (χ2n) is 4.53. The van der Waals surface area contributed by atoms with E-state index in [0.717, 1.165) is 0 Å². The fourth-order valence-electron chi connectivity index (χ4n) is 2.00. The van der Waals surface area contributed by atoms with Crippen molar-refractivity contribution < 1.29 is 14.5 Å². The summed E-state index contributed by atoms with van der Waals surface area (Å²) >= 11 is 1.53. The Balaban J connectivity index is 2.03. The number of nitro benzene ring substituents is 1. The molecule has 112 valence electrons. The number of amides is 2. The maximum atomic E-state index is 12.2. The number of rotatable bonds is 4. The zero-order valence-corrected chi connectivity index (χ0v) is 12.3. The number of nitro groups is 1. The molecule has 1 unspecified atom stereocenters. The third-order valence-corrected chi connectivity index (χ3v) is 4.17. The van der Waals surface area contributed by atoms with Crippen molar-refractivity contribution in [2.45, 2.75) is 19.4 Å². The first kappa shape index (κ1) is 15.3. The molecule has 1 aromatic carbocycles. The monoisotopic (exact) mass is 309 g/mol. The van der Waals surface area contributed by atoms with Crippen LogP contribution in [0.4, 0.5) is 11.4 Å². The Morgan fingerprint density at radius 3 is 2.67 bits per heavy atom. The van der Waals surface area contributed by atoms with Gasteiger partial charge >= 0.3 is 0 Å². The molecule has 1 aromatic rings. The van der Waals surface area contributed by atoms with E-state index in [4.69, 9.17) is 0 Å². The number of anilines is 1. The first-order valence-electron chi connectivity index (χ1n) is 6.45. The van der Waals surface area contributed by atoms with Gasteiger partial charge < -0.3 is 10.2 Å². The minimum Gasteiger partial charge on any atom is -0.324 e. The van der Waals surface area contributed by atoms with Crippen LogP contribution in [-0.2, 0) is 9.59 Å². The average molecular weight is 309 g/mol. The summed E-state index contributed by atoms with van der Waals surface area (Å²) < 4.78 is 0. The predicted molar refractivity (Wildman–Crippen MR) is 80.0 cm³/mol. The molecule has 8 heteroatoms. The highest BCUT2D eigenvalue weighted by Gasteiger charge is 2.33. The average Bonchev–Trinajstić information content (AvgIpc) is 2.96. The van der Waals surface area contributed by atoms with Crippen molar-refractivity contribution in [1.29, 1.82) is 0 Å². The van der Waals surface area contributed by atoms with Crippen LogP contribution < -0.4 is 5.32 Å². The van der Waals surface area contributed by atoms with Gasteiger partial charge in [0.05, 0.1) is 10.8 Å². The molecular formula is C13H15N3O4S. The molecule has 1 N–H and O–H groups in total. The lowest BCUT2D eigenvalue weighted by Crippen LogP contribution is -2.44. The van der Waals surface area contributed by atoms with Crippen LogP contribution >= 0.6 is 11.8 Å². The lowest BCUT2D eigenvalue weighted by atomic mass is 10.2. The minimum absolute atomic E-state index is 0.0350. The lowest BCUT2D eigenvalue weighted by Gasteiger charge is -2.22. The smallest absolute Gasteiger partial charge is 0.269 e. The molecule has 0 saturated carbocycles. The first-order valence-corrected chi connectivity index (χ1v) is 7.61. The second kappa shape index (κ2) is 6.57. The molecule has 1 atom stereocenters. The number of carbonyl (C=O) groups excluding carboxylic acids is 2. The molecule has 7 nitrogen and oxygen atoms in total. The van der Waals surface area contributed by atoms with Crippen molar-refractivity contribution in [3.05, 3.63) is 34.4 Å². The standard InChI is InChI=1S/C13H15N3O4S/c1-2-12(17)15-8-21-7-11(15)13(18)14-9-3-5-10(6-4-9)16(19)20/h3-6,11H,2,7-8H2,1H3,(H,14,18). The summed E-state index contributed by atoms with van der Waals surface area (Å²) in [5.74, 6) is 0.759. The Kier molecular flexibility index (Phi) is 4.79. The van der Waals surface area contributed by atoms with Gasteiger partial charge in [-0.05, 0) is 12.1 Å². The van der Waals surface area contributed by atoms with Crippen LogP contribution in [0.5, 0.6) is 0 Å². The van der Waals surface area contributed by atoms with Crippen LogP contribution in [0.2, 0.25) is 0 Å². The highest BCUT2D eigenvalue weighted by molar-refractivity contribution is 7.99. The van der Waals surface area contributed by atoms with Crippen LogP contribution in [0.1, 0.15) is 13.3 Å². The molecule has 2 amide bonds. The van der Waals surface area contributed by atoms with E-state index < -0.39 is 11.0 Å². The van der Waals surface area contributed by atoms with Crippen molar-refractivity contribution in [1.82, 2.24) is 4.90 Å². The number of nitrogens with zero attached hydrogens (tertiary/aromatic N) is 2. The zero-order chi connectivity index (χ0) is 15.4. The van der Waals surface area contributed by atoms with Gasteiger partial charge in [-0.25, -0.2) is 0 Å². The third-order valence-electron chi connectivity index (χ3n) is 3.15. The molecule has 1 aliphatic rings. The number of thioether (sulfide) groups is 1. The summed E-state index contributed by atoms with van der Waals surface area (Å²) in [6.45, 7) is 1.76. The van der Waals surface area contributed by atoms with E-state index in [1.54, 1.807) is 11.8 Å². The quantitative estimate of drug-likeness (QED) is 0.677. The van der Waals surface area contributed by atoms with E-state index in [1.807, 2.05) is 0 Å². The summed E-state index contributed by atoms with van der Waals surface area (Å²) in [7, 11) is 0. The highest BCUT2D eigenvalue weighted by atomic mass is 32.2. The largest absolute Gasteiger partial charge is 0.324 e. The normalized spacial score (nSPS) is 17.6. The van der Waals surface area contributed by atoms with E-state index in [0.29, 0.717) is 23.7 Å². The maximum Gasteiger partial charge on any atom is 0.269 e. The lowest BCUT2D eigenvalue weighted by molar-refractivity contribution is -0.384. The molecule has 0 aromatic heterocycles. The van der Waals surface area contributed by atoms with Gasteiger partial charge in [0.1, 0.15) is 6.04 Å². The van der Waals surface area contributed by atoms with Gasteiger partial charge in [0, 0.05) is 30.0 Å². The third kappa shape index (κ3) is 3.52. The van der Waals surface area contributed by atoms with Crippen LogP contribution in [-0.4, -0.2) is 39.3 Å². The summed E-state index contributed by atoms with van der Waals surface area (Å²) in [5.41, 5.74) is 0.443. The molecule has 1 aliphatic heterocycles. The highest BCUT2D eigenvalue weighted by Crippen LogP contribution is 2.23.